The molecule has 0 bridgehead atoms. The smallest absolute Gasteiger partial charge is 0.271 e. The van der Waals surface area contributed by atoms with Crippen LogP contribution in [0, 0.1) is 18.3 Å². The molecule has 0 unspecified atom stereocenters. The minimum absolute atomic E-state index is 0.0411. The van der Waals surface area contributed by atoms with Crippen molar-refractivity contribution >= 4 is 16.6 Å². The van der Waals surface area contributed by atoms with Crippen LogP contribution in [0.1, 0.15) is 58.8 Å². The van der Waals surface area contributed by atoms with E-state index in [-0.39, 0.29) is 34.4 Å². The summed E-state index contributed by atoms with van der Waals surface area (Å²) in [6, 6.07) is 14.7. The Kier molecular flexibility index (Phi) is 4.48. The Labute approximate surface area is 162 Å². The fourth-order valence-corrected chi connectivity index (χ4v) is 4.25. The monoisotopic (exact) mass is 372 g/mol. The van der Waals surface area contributed by atoms with E-state index in [4.69, 9.17) is 0 Å². The topological polar surface area (TPSA) is 83.1 Å². The number of fused-ring (bicyclic) bond motifs is 1. The van der Waals surface area contributed by atoms with Crippen LogP contribution in [0.4, 0.5) is 0 Å². The molecule has 1 saturated carbocycles. The molecule has 4 rings (SSSR count). The summed E-state index contributed by atoms with van der Waals surface area (Å²) >= 11 is 0. The number of nitrogens with zero attached hydrogens (tertiary/aromatic N) is 2. The third kappa shape index (κ3) is 2.69. The molecule has 1 fully saturated rings. The van der Waals surface area contributed by atoms with Gasteiger partial charge >= 0.3 is 0 Å². The molecule has 0 atom stereocenters. The van der Waals surface area contributed by atoms with Crippen LogP contribution in [0.2, 0.25) is 0 Å². The van der Waals surface area contributed by atoms with E-state index in [0.29, 0.717) is 5.56 Å². The highest BCUT2D eigenvalue weighted by atomic mass is 16.3. The molecular formula is C23H20N2O3. The van der Waals surface area contributed by atoms with Gasteiger partial charge in [0, 0.05) is 11.6 Å². The molecule has 140 valence electrons. The van der Waals surface area contributed by atoms with Crippen LogP contribution in [0.5, 0.6) is 5.88 Å². The maximum Gasteiger partial charge on any atom is 0.271 e. The molecule has 3 aromatic rings. The standard InChI is InChI=1S/C23H20N2O3/c1-14-19(13-24)22(27)25(16-9-3-4-10-16)23(28)20(14)21(26)18-12-6-8-15-7-2-5-11-17(15)18/h2,5-8,11-12,16,28H,3-4,9-10H2,1H3. The van der Waals surface area contributed by atoms with Crippen LogP contribution in [-0.4, -0.2) is 15.5 Å². The maximum absolute atomic E-state index is 13.5. The maximum atomic E-state index is 13.5. The summed E-state index contributed by atoms with van der Waals surface area (Å²) < 4.78 is 1.26. The molecule has 1 heterocycles. The molecule has 1 aromatic heterocycles. The number of carbonyl (C=O) groups excluding carboxylic acids is 1. The fourth-order valence-electron chi connectivity index (χ4n) is 4.25. The van der Waals surface area contributed by atoms with Crippen molar-refractivity contribution in [3.63, 3.8) is 0 Å². The molecule has 0 radical (unpaired) electrons. The number of rotatable bonds is 3. The van der Waals surface area contributed by atoms with Crippen LogP contribution in [-0.2, 0) is 0 Å². The van der Waals surface area contributed by atoms with Gasteiger partial charge in [-0.3, -0.25) is 14.2 Å². The lowest BCUT2D eigenvalue weighted by atomic mass is 9.93. The Hall–Kier alpha value is -3.39. The largest absolute Gasteiger partial charge is 0.494 e. The van der Waals surface area contributed by atoms with Gasteiger partial charge in [-0.05, 0) is 36.1 Å². The van der Waals surface area contributed by atoms with Crippen molar-refractivity contribution in [3.8, 4) is 11.9 Å². The van der Waals surface area contributed by atoms with Crippen LogP contribution in [0.15, 0.2) is 47.3 Å². The minimum Gasteiger partial charge on any atom is -0.494 e. The Balaban J connectivity index is 1.99. The summed E-state index contributed by atoms with van der Waals surface area (Å²) in [6.45, 7) is 1.55. The summed E-state index contributed by atoms with van der Waals surface area (Å²) in [5.41, 5.74) is 0.126. The molecule has 1 aliphatic carbocycles. The zero-order chi connectivity index (χ0) is 19.8. The van der Waals surface area contributed by atoms with Gasteiger partial charge in [-0.2, -0.15) is 5.26 Å². The van der Waals surface area contributed by atoms with Crippen molar-refractivity contribution in [2.75, 3.05) is 0 Å². The average molecular weight is 372 g/mol. The summed E-state index contributed by atoms with van der Waals surface area (Å²) in [4.78, 5) is 26.3. The van der Waals surface area contributed by atoms with E-state index in [9.17, 15) is 20.0 Å². The normalized spacial score (nSPS) is 14.3. The molecule has 0 aliphatic heterocycles. The summed E-state index contributed by atoms with van der Waals surface area (Å²) in [7, 11) is 0. The van der Waals surface area contributed by atoms with E-state index in [1.54, 1.807) is 19.1 Å². The third-order valence-corrected chi connectivity index (χ3v) is 5.70. The SMILES string of the molecule is Cc1c(C(=O)c2cccc3ccccc23)c(O)n(C2CCCC2)c(=O)c1C#N. The molecule has 0 spiro atoms. The molecule has 0 saturated heterocycles. The predicted molar refractivity (Wildman–Crippen MR) is 107 cm³/mol. The highest BCUT2D eigenvalue weighted by molar-refractivity contribution is 6.18. The molecule has 0 amide bonds. The van der Waals surface area contributed by atoms with Gasteiger partial charge in [0.25, 0.3) is 5.56 Å². The lowest BCUT2D eigenvalue weighted by Gasteiger charge is -2.20. The Bertz CT molecular complexity index is 1190. The van der Waals surface area contributed by atoms with Gasteiger partial charge < -0.3 is 5.11 Å². The quantitative estimate of drug-likeness (QED) is 0.697. The second kappa shape index (κ2) is 6.97. The van der Waals surface area contributed by atoms with Crippen molar-refractivity contribution in [1.29, 1.82) is 5.26 Å². The molecule has 2 aromatic carbocycles. The first-order chi connectivity index (χ1) is 13.5. The van der Waals surface area contributed by atoms with E-state index in [1.807, 2.05) is 36.4 Å². The van der Waals surface area contributed by atoms with Gasteiger partial charge in [0.1, 0.15) is 11.6 Å². The first-order valence-electron chi connectivity index (χ1n) is 9.45. The number of nitriles is 1. The lowest BCUT2D eigenvalue weighted by Crippen LogP contribution is -2.29. The van der Waals surface area contributed by atoms with E-state index in [2.05, 4.69) is 0 Å². The first kappa shape index (κ1) is 18.0. The van der Waals surface area contributed by atoms with Gasteiger partial charge in [0.2, 0.25) is 5.88 Å². The molecule has 1 N–H and O–H groups in total. The van der Waals surface area contributed by atoms with Gasteiger partial charge in [-0.1, -0.05) is 55.3 Å². The van der Waals surface area contributed by atoms with Crippen molar-refractivity contribution in [2.24, 2.45) is 0 Å². The molecular weight excluding hydrogens is 352 g/mol. The fraction of sp³-hybridized carbons (Fsp3) is 0.261. The molecule has 5 heteroatoms. The number of pyridine rings is 1. The lowest BCUT2D eigenvalue weighted by molar-refractivity contribution is 0.103. The van der Waals surface area contributed by atoms with Crippen molar-refractivity contribution in [3.05, 3.63) is 75.1 Å². The second-order valence-corrected chi connectivity index (χ2v) is 7.28. The summed E-state index contributed by atoms with van der Waals surface area (Å²) in [5.74, 6) is -0.707. The number of hydrogen-bond donors (Lipinski definition) is 1. The molecule has 28 heavy (non-hydrogen) atoms. The number of carbonyl (C=O) groups is 1. The van der Waals surface area contributed by atoms with Crippen LogP contribution < -0.4 is 5.56 Å². The van der Waals surface area contributed by atoms with Crippen LogP contribution >= 0.6 is 0 Å². The van der Waals surface area contributed by atoms with E-state index >= 15 is 0 Å². The van der Waals surface area contributed by atoms with Gasteiger partial charge in [0.15, 0.2) is 5.78 Å². The summed E-state index contributed by atoms with van der Waals surface area (Å²) in [5, 5.41) is 22.2. The zero-order valence-electron chi connectivity index (χ0n) is 15.6. The molecule has 1 aliphatic rings. The number of benzene rings is 2. The predicted octanol–water partition coefficient (Wildman–Crippen LogP) is 4.23. The van der Waals surface area contributed by atoms with E-state index in [1.165, 1.54) is 4.57 Å². The van der Waals surface area contributed by atoms with Gasteiger partial charge in [-0.15, -0.1) is 0 Å². The van der Waals surface area contributed by atoms with Gasteiger partial charge in [-0.25, -0.2) is 0 Å². The Morgan fingerprint density at radius 2 is 1.82 bits per heavy atom. The van der Waals surface area contributed by atoms with Crippen LogP contribution in [0.3, 0.4) is 0 Å². The Morgan fingerprint density at radius 3 is 2.54 bits per heavy atom. The highest BCUT2D eigenvalue weighted by Gasteiger charge is 2.29. The van der Waals surface area contributed by atoms with E-state index < -0.39 is 5.56 Å². The van der Waals surface area contributed by atoms with Crippen molar-refractivity contribution in [1.82, 2.24) is 4.57 Å². The number of ketones is 1. The average Bonchev–Trinajstić information content (AvgIpc) is 3.22. The third-order valence-electron chi connectivity index (χ3n) is 5.70. The Morgan fingerprint density at radius 1 is 1.14 bits per heavy atom. The minimum atomic E-state index is -0.515. The highest BCUT2D eigenvalue weighted by Crippen LogP contribution is 2.35. The van der Waals surface area contributed by atoms with E-state index in [0.717, 1.165) is 36.5 Å². The number of hydrogen-bond acceptors (Lipinski definition) is 4. The first-order valence-corrected chi connectivity index (χ1v) is 9.45. The van der Waals surface area contributed by atoms with Crippen molar-refractivity contribution < 1.29 is 9.90 Å². The number of aromatic hydroxyl groups is 1. The van der Waals surface area contributed by atoms with Gasteiger partial charge in [0.05, 0.1) is 5.56 Å². The van der Waals surface area contributed by atoms with Crippen LogP contribution in [0.25, 0.3) is 10.8 Å². The molecule has 5 nitrogen and oxygen atoms in total. The number of aromatic nitrogens is 1. The summed E-state index contributed by atoms with van der Waals surface area (Å²) in [6.07, 6.45) is 3.42. The zero-order valence-corrected chi connectivity index (χ0v) is 15.6. The van der Waals surface area contributed by atoms with Crippen molar-refractivity contribution in [2.45, 2.75) is 38.6 Å². The second-order valence-electron chi connectivity index (χ2n) is 7.28.